The summed E-state index contributed by atoms with van der Waals surface area (Å²) in [7, 11) is 0. The molecule has 3 N–H and O–H groups in total. The van der Waals surface area contributed by atoms with Gasteiger partial charge in [-0.3, -0.25) is 9.69 Å². The van der Waals surface area contributed by atoms with E-state index in [2.05, 4.69) is 64.8 Å². The van der Waals surface area contributed by atoms with Crippen molar-refractivity contribution in [3.63, 3.8) is 0 Å². The second-order valence-corrected chi connectivity index (χ2v) is 8.27. The van der Waals surface area contributed by atoms with Crippen molar-refractivity contribution in [2.45, 2.75) is 31.7 Å². The largest absolute Gasteiger partial charge is 0.398 e. The number of nitrogens with zero attached hydrogens (tertiary/aromatic N) is 1. The molecule has 4 rings (SSSR count). The minimum Gasteiger partial charge on any atom is -0.398 e. The van der Waals surface area contributed by atoms with Crippen molar-refractivity contribution in [3.05, 3.63) is 101 Å². The number of rotatable bonds is 8. The number of nitrogens with one attached hydrogen (secondary N) is 1. The number of anilines is 1. The Hall–Kier alpha value is -3.11. The summed E-state index contributed by atoms with van der Waals surface area (Å²) in [6, 6.07) is 27.2. The van der Waals surface area contributed by atoms with Gasteiger partial charge in [-0.1, -0.05) is 72.8 Å². The van der Waals surface area contributed by atoms with Crippen LogP contribution in [0.5, 0.6) is 0 Å². The fraction of sp³-hybridized carbons (Fsp3) is 0.296. The zero-order valence-corrected chi connectivity index (χ0v) is 18.0. The number of carbonyl (C=O) groups excluding carboxylic acids is 1. The normalized spacial score (nSPS) is 13.7. The molecule has 0 aliphatic carbocycles. The van der Waals surface area contributed by atoms with E-state index in [0.717, 1.165) is 38.2 Å². The first-order chi connectivity index (χ1) is 15.2. The SMILES string of the molecule is Nc1cccc2c1CCN(CCC(=O)NCCC(c1ccccc1)c1ccccc1)C2. The molecule has 3 aromatic carbocycles. The summed E-state index contributed by atoms with van der Waals surface area (Å²) >= 11 is 0. The Morgan fingerprint density at radius 2 is 1.61 bits per heavy atom. The maximum Gasteiger partial charge on any atom is 0.221 e. The molecule has 1 aliphatic rings. The van der Waals surface area contributed by atoms with Gasteiger partial charge in [0, 0.05) is 44.2 Å². The Kier molecular flexibility index (Phi) is 7.00. The van der Waals surface area contributed by atoms with Crippen molar-refractivity contribution in [1.29, 1.82) is 0 Å². The monoisotopic (exact) mass is 413 g/mol. The number of fused-ring (bicyclic) bond motifs is 1. The van der Waals surface area contributed by atoms with Crippen LogP contribution in [0.25, 0.3) is 0 Å². The highest BCUT2D eigenvalue weighted by atomic mass is 16.1. The van der Waals surface area contributed by atoms with Gasteiger partial charge in [-0.2, -0.15) is 0 Å². The molecule has 1 aliphatic heterocycles. The number of carbonyl (C=O) groups is 1. The van der Waals surface area contributed by atoms with Crippen molar-refractivity contribution in [2.75, 3.05) is 25.4 Å². The highest BCUT2D eigenvalue weighted by molar-refractivity contribution is 5.76. The molecule has 0 fully saturated rings. The molecule has 4 heteroatoms. The zero-order valence-electron chi connectivity index (χ0n) is 18.0. The van der Waals surface area contributed by atoms with E-state index in [4.69, 9.17) is 5.73 Å². The van der Waals surface area contributed by atoms with Gasteiger partial charge < -0.3 is 11.1 Å². The topological polar surface area (TPSA) is 58.4 Å². The third kappa shape index (κ3) is 5.53. The second kappa shape index (κ2) is 10.3. The van der Waals surface area contributed by atoms with Crippen LogP contribution < -0.4 is 11.1 Å². The first-order valence-corrected chi connectivity index (χ1v) is 11.2. The molecule has 0 unspecified atom stereocenters. The minimum absolute atomic E-state index is 0.123. The summed E-state index contributed by atoms with van der Waals surface area (Å²) < 4.78 is 0. The smallest absolute Gasteiger partial charge is 0.221 e. The van der Waals surface area contributed by atoms with Crippen molar-refractivity contribution in [1.82, 2.24) is 10.2 Å². The first kappa shape index (κ1) is 21.1. The lowest BCUT2D eigenvalue weighted by Crippen LogP contribution is -2.35. The number of amides is 1. The Labute approximate surface area is 185 Å². The predicted octanol–water partition coefficient (Wildman–Crippen LogP) is 4.36. The highest BCUT2D eigenvalue weighted by Crippen LogP contribution is 2.27. The summed E-state index contributed by atoms with van der Waals surface area (Å²) in [4.78, 5) is 14.8. The molecule has 4 nitrogen and oxygen atoms in total. The molecule has 0 spiro atoms. The van der Waals surface area contributed by atoms with Gasteiger partial charge in [0.15, 0.2) is 0 Å². The molecule has 0 saturated carbocycles. The molecular weight excluding hydrogens is 382 g/mol. The first-order valence-electron chi connectivity index (χ1n) is 11.2. The zero-order chi connectivity index (χ0) is 21.5. The highest BCUT2D eigenvalue weighted by Gasteiger charge is 2.19. The van der Waals surface area contributed by atoms with E-state index < -0.39 is 0 Å². The maximum atomic E-state index is 12.5. The Balaban J connectivity index is 1.26. The van der Waals surface area contributed by atoms with Crippen LogP contribution >= 0.6 is 0 Å². The molecule has 3 aromatic rings. The van der Waals surface area contributed by atoms with Gasteiger partial charge in [0.2, 0.25) is 5.91 Å². The van der Waals surface area contributed by atoms with Crippen molar-refractivity contribution in [3.8, 4) is 0 Å². The molecule has 1 amide bonds. The van der Waals surface area contributed by atoms with Crippen molar-refractivity contribution >= 4 is 11.6 Å². The molecule has 0 radical (unpaired) electrons. The van der Waals surface area contributed by atoms with E-state index in [1.54, 1.807) is 0 Å². The summed E-state index contributed by atoms with van der Waals surface area (Å²) in [5.41, 5.74) is 12.1. The Morgan fingerprint density at radius 1 is 0.935 bits per heavy atom. The molecule has 0 atom stereocenters. The Morgan fingerprint density at radius 3 is 2.29 bits per heavy atom. The average Bonchev–Trinajstić information content (AvgIpc) is 2.82. The van der Waals surface area contributed by atoms with Gasteiger partial charge in [0.05, 0.1) is 0 Å². The lowest BCUT2D eigenvalue weighted by Gasteiger charge is -2.29. The molecule has 31 heavy (non-hydrogen) atoms. The van der Waals surface area contributed by atoms with Gasteiger partial charge in [0.1, 0.15) is 0 Å². The second-order valence-electron chi connectivity index (χ2n) is 8.27. The number of hydrogen-bond acceptors (Lipinski definition) is 3. The standard InChI is InChI=1S/C27H31N3O/c28-26-13-7-12-23-20-30(18-15-25(23)26)19-16-27(31)29-17-14-24(21-8-3-1-4-9-21)22-10-5-2-6-11-22/h1-13,24H,14-20,28H2,(H,29,31). The van der Waals surface area contributed by atoms with Crippen LogP contribution in [0.2, 0.25) is 0 Å². The van der Waals surface area contributed by atoms with E-state index in [1.807, 2.05) is 24.3 Å². The van der Waals surface area contributed by atoms with Gasteiger partial charge in [-0.15, -0.1) is 0 Å². The third-order valence-corrected chi connectivity index (χ3v) is 6.20. The lowest BCUT2D eigenvalue weighted by molar-refractivity contribution is -0.121. The van der Waals surface area contributed by atoms with E-state index >= 15 is 0 Å². The molecular formula is C27H31N3O. The maximum absolute atomic E-state index is 12.5. The average molecular weight is 414 g/mol. The van der Waals surface area contributed by atoms with E-state index in [-0.39, 0.29) is 11.8 Å². The van der Waals surface area contributed by atoms with Crippen LogP contribution in [-0.2, 0) is 17.8 Å². The quantitative estimate of drug-likeness (QED) is 0.540. The van der Waals surface area contributed by atoms with E-state index in [0.29, 0.717) is 13.0 Å². The summed E-state index contributed by atoms with van der Waals surface area (Å²) in [6.45, 7) is 3.28. The molecule has 160 valence electrons. The van der Waals surface area contributed by atoms with E-state index in [9.17, 15) is 4.79 Å². The van der Waals surface area contributed by atoms with Crippen molar-refractivity contribution < 1.29 is 4.79 Å². The summed E-state index contributed by atoms with van der Waals surface area (Å²) in [5, 5.41) is 3.13. The van der Waals surface area contributed by atoms with Gasteiger partial charge in [-0.05, 0) is 41.2 Å². The van der Waals surface area contributed by atoms with Gasteiger partial charge in [0.25, 0.3) is 0 Å². The summed E-state index contributed by atoms with van der Waals surface area (Å²) in [6.07, 6.45) is 2.37. The van der Waals surface area contributed by atoms with Gasteiger partial charge in [-0.25, -0.2) is 0 Å². The predicted molar refractivity (Wildman–Crippen MR) is 127 cm³/mol. The fourth-order valence-electron chi connectivity index (χ4n) is 4.49. The van der Waals surface area contributed by atoms with Crippen LogP contribution in [0.4, 0.5) is 5.69 Å². The fourth-order valence-corrected chi connectivity index (χ4v) is 4.49. The van der Waals surface area contributed by atoms with Gasteiger partial charge >= 0.3 is 0 Å². The molecule has 0 saturated heterocycles. The number of nitrogen functional groups attached to an aromatic ring is 1. The van der Waals surface area contributed by atoms with Crippen LogP contribution in [0, 0.1) is 0 Å². The van der Waals surface area contributed by atoms with Crippen LogP contribution in [0.3, 0.4) is 0 Å². The minimum atomic E-state index is 0.123. The van der Waals surface area contributed by atoms with E-state index in [1.165, 1.54) is 22.3 Å². The number of hydrogen-bond donors (Lipinski definition) is 2. The van der Waals surface area contributed by atoms with Crippen LogP contribution in [0.15, 0.2) is 78.9 Å². The molecule has 0 aromatic heterocycles. The number of benzene rings is 3. The Bertz CT molecular complexity index is 948. The van der Waals surface area contributed by atoms with Crippen LogP contribution in [0.1, 0.15) is 41.0 Å². The molecule has 0 bridgehead atoms. The third-order valence-electron chi connectivity index (χ3n) is 6.20. The van der Waals surface area contributed by atoms with Crippen molar-refractivity contribution in [2.24, 2.45) is 0 Å². The number of nitrogens with two attached hydrogens (primary N) is 1. The lowest BCUT2D eigenvalue weighted by atomic mass is 9.88. The summed E-state index contributed by atoms with van der Waals surface area (Å²) in [5.74, 6) is 0.407. The molecule has 1 heterocycles. The van der Waals surface area contributed by atoms with Crippen LogP contribution in [-0.4, -0.2) is 30.4 Å².